The maximum atomic E-state index is 10.9. The molecule has 1 aromatic rings. The van der Waals surface area contributed by atoms with Gasteiger partial charge in [0.15, 0.2) is 0 Å². The monoisotopic (exact) mass is 205 g/mol. The Balaban J connectivity index is 2.18. The molecule has 0 unspecified atom stereocenters. The van der Waals surface area contributed by atoms with E-state index in [0.717, 1.165) is 5.56 Å². The number of urea groups is 1. The first kappa shape index (κ1) is 9.98. The van der Waals surface area contributed by atoms with Crippen molar-refractivity contribution in [3.8, 4) is 0 Å². The molecule has 1 heterocycles. The molecule has 4 nitrogen and oxygen atoms in total. The van der Waals surface area contributed by atoms with Crippen LogP contribution in [0, 0.1) is 0 Å². The van der Waals surface area contributed by atoms with Crippen LogP contribution in [0.1, 0.15) is 17.0 Å². The van der Waals surface area contributed by atoms with E-state index in [1.165, 1.54) is 5.56 Å². The van der Waals surface area contributed by atoms with Gasteiger partial charge in [-0.15, -0.1) is 0 Å². The second-order valence-corrected chi connectivity index (χ2v) is 3.69. The molecule has 80 valence electrons. The summed E-state index contributed by atoms with van der Waals surface area (Å²) in [5.74, 6) is 0.322. The molecule has 1 aliphatic heterocycles. The Morgan fingerprint density at radius 1 is 1.27 bits per heavy atom. The SMILES string of the molecule is NCc1ccccc1C1CNC(=O)NC1. The second-order valence-electron chi connectivity index (χ2n) is 3.69. The van der Waals surface area contributed by atoms with Crippen molar-refractivity contribution in [2.24, 2.45) is 5.73 Å². The summed E-state index contributed by atoms with van der Waals surface area (Å²) in [6.07, 6.45) is 0. The van der Waals surface area contributed by atoms with Crippen LogP contribution in [0.2, 0.25) is 0 Å². The van der Waals surface area contributed by atoms with Crippen molar-refractivity contribution in [1.29, 1.82) is 0 Å². The zero-order valence-electron chi connectivity index (χ0n) is 8.49. The maximum absolute atomic E-state index is 10.9. The van der Waals surface area contributed by atoms with E-state index in [-0.39, 0.29) is 6.03 Å². The Kier molecular flexibility index (Phi) is 2.87. The third kappa shape index (κ3) is 2.10. The highest BCUT2D eigenvalue weighted by molar-refractivity contribution is 5.75. The Hall–Kier alpha value is -1.55. The molecule has 2 amide bonds. The standard InChI is InChI=1S/C11H15N3O/c12-5-8-3-1-2-4-10(8)9-6-13-11(15)14-7-9/h1-4,9H,5-7,12H2,(H2,13,14,15). The molecule has 0 saturated carbocycles. The molecule has 4 heteroatoms. The van der Waals surface area contributed by atoms with Gasteiger partial charge in [0, 0.05) is 25.6 Å². The fraction of sp³-hybridized carbons (Fsp3) is 0.364. The van der Waals surface area contributed by atoms with Crippen molar-refractivity contribution in [2.45, 2.75) is 12.5 Å². The number of carbonyl (C=O) groups is 1. The molecular formula is C11H15N3O. The Labute approximate surface area is 88.9 Å². The van der Waals surface area contributed by atoms with E-state index < -0.39 is 0 Å². The average Bonchev–Trinajstić information content (AvgIpc) is 2.30. The summed E-state index contributed by atoms with van der Waals surface area (Å²) in [6, 6.07) is 8.01. The van der Waals surface area contributed by atoms with Gasteiger partial charge >= 0.3 is 6.03 Å². The minimum absolute atomic E-state index is 0.0866. The highest BCUT2D eigenvalue weighted by Gasteiger charge is 2.20. The molecule has 0 bridgehead atoms. The molecule has 0 aromatic heterocycles. The molecule has 0 aliphatic carbocycles. The number of nitrogens with two attached hydrogens (primary N) is 1. The zero-order valence-corrected chi connectivity index (χ0v) is 8.49. The van der Waals surface area contributed by atoms with Gasteiger partial charge in [0.2, 0.25) is 0 Å². The normalized spacial score (nSPS) is 17.0. The topological polar surface area (TPSA) is 67.1 Å². The molecule has 1 fully saturated rings. The first-order valence-corrected chi connectivity index (χ1v) is 5.11. The van der Waals surface area contributed by atoms with E-state index in [2.05, 4.69) is 16.7 Å². The summed E-state index contributed by atoms with van der Waals surface area (Å²) in [4.78, 5) is 10.9. The van der Waals surface area contributed by atoms with E-state index in [9.17, 15) is 4.79 Å². The first-order valence-electron chi connectivity index (χ1n) is 5.11. The Bertz CT molecular complexity index is 355. The molecule has 0 radical (unpaired) electrons. The summed E-state index contributed by atoms with van der Waals surface area (Å²) in [5, 5.41) is 5.58. The van der Waals surface area contributed by atoms with Crippen LogP contribution in [0.4, 0.5) is 4.79 Å². The van der Waals surface area contributed by atoms with Crippen molar-refractivity contribution >= 4 is 6.03 Å². The number of amides is 2. The maximum Gasteiger partial charge on any atom is 0.314 e. The summed E-state index contributed by atoms with van der Waals surface area (Å²) in [5.41, 5.74) is 8.06. The van der Waals surface area contributed by atoms with Gasteiger partial charge in [-0.2, -0.15) is 0 Å². The molecule has 2 rings (SSSR count). The number of nitrogens with one attached hydrogen (secondary N) is 2. The van der Waals surface area contributed by atoms with Gasteiger partial charge in [0.1, 0.15) is 0 Å². The van der Waals surface area contributed by atoms with E-state index in [1.54, 1.807) is 0 Å². The highest BCUT2D eigenvalue weighted by Crippen LogP contribution is 2.20. The van der Waals surface area contributed by atoms with Crippen LogP contribution in [0.3, 0.4) is 0 Å². The highest BCUT2D eigenvalue weighted by atomic mass is 16.2. The number of hydrogen-bond donors (Lipinski definition) is 3. The van der Waals surface area contributed by atoms with Crippen molar-refractivity contribution < 1.29 is 4.79 Å². The lowest BCUT2D eigenvalue weighted by Crippen LogP contribution is -2.47. The van der Waals surface area contributed by atoms with Gasteiger partial charge in [-0.25, -0.2) is 4.79 Å². The van der Waals surface area contributed by atoms with Gasteiger partial charge in [-0.3, -0.25) is 0 Å². The summed E-state index contributed by atoms with van der Waals surface area (Å²) in [6.45, 7) is 1.91. The minimum atomic E-state index is -0.0866. The number of hydrogen-bond acceptors (Lipinski definition) is 2. The van der Waals surface area contributed by atoms with Crippen LogP contribution >= 0.6 is 0 Å². The fourth-order valence-electron chi connectivity index (χ4n) is 1.90. The summed E-state index contributed by atoms with van der Waals surface area (Å²) in [7, 11) is 0. The van der Waals surface area contributed by atoms with E-state index in [1.807, 2.05) is 18.2 Å². The molecule has 1 aromatic carbocycles. The predicted octanol–water partition coefficient (Wildman–Crippen LogP) is 0.542. The third-order valence-corrected chi connectivity index (χ3v) is 2.73. The van der Waals surface area contributed by atoms with E-state index in [4.69, 9.17) is 5.73 Å². The van der Waals surface area contributed by atoms with E-state index >= 15 is 0 Å². The van der Waals surface area contributed by atoms with E-state index in [0.29, 0.717) is 25.6 Å². The number of carbonyl (C=O) groups excluding carboxylic acids is 1. The van der Waals surface area contributed by atoms with Gasteiger partial charge in [-0.05, 0) is 11.1 Å². The lowest BCUT2D eigenvalue weighted by Gasteiger charge is -2.25. The van der Waals surface area contributed by atoms with Crippen LogP contribution in [0.5, 0.6) is 0 Å². The van der Waals surface area contributed by atoms with Crippen LogP contribution in [-0.2, 0) is 6.54 Å². The van der Waals surface area contributed by atoms with Crippen LogP contribution in [0.25, 0.3) is 0 Å². The number of benzene rings is 1. The molecule has 4 N–H and O–H groups in total. The largest absolute Gasteiger partial charge is 0.337 e. The molecule has 0 spiro atoms. The van der Waals surface area contributed by atoms with Gasteiger partial charge in [0.05, 0.1) is 0 Å². The molecule has 1 saturated heterocycles. The molecule has 15 heavy (non-hydrogen) atoms. The van der Waals surface area contributed by atoms with Gasteiger partial charge < -0.3 is 16.4 Å². The third-order valence-electron chi connectivity index (χ3n) is 2.73. The van der Waals surface area contributed by atoms with Crippen LogP contribution < -0.4 is 16.4 Å². The Morgan fingerprint density at radius 3 is 2.60 bits per heavy atom. The quantitative estimate of drug-likeness (QED) is 0.659. The van der Waals surface area contributed by atoms with Crippen molar-refractivity contribution in [1.82, 2.24) is 10.6 Å². The predicted molar refractivity (Wildman–Crippen MR) is 58.5 cm³/mol. The minimum Gasteiger partial charge on any atom is -0.337 e. The van der Waals surface area contributed by atoms with Crippen LogP contribution in [0.15, 0.2) is 24.3 Å². The lowest BCUT2D eigenvalue weighted by molar-refractivity contribution is 0.234. The Morgan fingerprint density at radius 2 is 1.93 bits per heavy atom. The first-order chi connectivity index (χ1) is 7.31. The van der Waals surface area contributed by atoms with Crippen LogP contribution in [-0.4, -0.2) is 19.1 Å². The van der Waals surface area contributed by atoms with Crippen molar-refractivity contribution in [2.75, 3.05) is 13.1 Å². The van der Waals surface area contributed by atoms with Gasteiger partial charge in [-0.1, -0.05) is 24.3 Å². The van der Waals surface area contributed by atoms with Crippen molar-refractivity contribution in [3.05, 3.63) is 35.4 Å². The molecular weight excluding hydrogens is 190 g/mol. The second kappa shape index (κ2) is 4.31. The van der Waals surface area contributed by atoms with Crippen molar-refractivity contribution in [3.63, 3.8) is 0 Å². The smallest absolute Gasteiger partial charge is 0.314 e. The summed E-state index contributed by atoms with van der Waals surface area (Å²) < 4.78 is 0. The zero-order chi connectivity index (χ0) is 10.7. The summed E-state index contributed by atoms with van der Waals surface area (Å²) >= 11 is 0. The van der Waals surface area contributed by atoms with Gasteiger partial charge in [0.25, 0.3) is 0 Å². The fourth-order valence-corrected chi connectivity index (χ4v) is 1.90. The molecule has 0 atom stereocenters. The number of rotatable bonds is 2. The average molecular weight is 205 g/mol. The lowest BCUT2D eigenvalue weighted by atomic mass is 9.93. The molecule has 1 aliphatic rings.